The number of pyridine rings is 1. The highest BCUT2D eigenvalue weighted by Gasteiger charge is 2.17. The molecule has 0 bridgehead atoms. The first kappa shape index (κ1) is 19.2. The summed E-state index contributed by atoms with van der Waals surface area (Å²) in [4.78, 5) is 17.7. The molecule has 3 aromatic rings. The third-order valence-electron chi connectivity index (χ3n) is 4.44. The Balaban J connectivity index is 0.00000210. The zero-order valence-corrected chi connectivity index (χ0v) is 15.8. The van der Waals surface area contributed by atoms with Gasteiger partial charge in [-0.2, -0.15) is 5.10 Å². The van der Waals surface area contributed by atoms with Crippen molar-refractivity contribution in [3.63, 3.8) is 0 Å². The number of aromatic nitrogens is 6. The van der Waals surface area contributed by atoms with E-state index in [1.165, 1.54) is 5.56 Å². The van der Waals surface area contributed by atoms with E-state index in [1.807, 2.05) is 16.8 Å². The zero-order valence-electron chi connectivity index (χ0n) is 15.0. The van der Waals surface area contributed by atoms with E-state index in [4.69, 9.17) is 9.97 Å². The van der Waals surface area contributed by atoms with E-state index >= 15 is 0 Å². The van der Waals surface area contributed by atoms with Crippen LogP contribution in [0.1, 0.15) is 17.7 Å². The molecular weight excluding hydrogens is 364 g/mol. The van der Waals surface area contributed by atoms with Crippen molar-refractivity contribution in [2.45, 2.75) is 25.8 Å². The summed E-state index contributed by atoms with van der Waals surface area (Å²) < 4.78 is 1.84. The number of nitrogens with zero attached hydrogens (tertiary/aromatic N) is 6. The number of nitrogens with one attached hydrogen (secondary N) is 2. The lowest BCUT2D eigenvalue weighted by molar-refractivity contribution is 0.589. The van der Waals surface area contributed by atoms with Gasteiger partial charge in [0.25, 0.3) is 0 Å². The number of aryl methyl sites for hydroxylation is 1. The van der Waals surface area contributed by atoms with Gasteiger partial charge in [-0.3, -0.25) is 9.67 Å². The van der Waals surface area contributed by atoms with Crippen LogP contribution in [0.5, 0.6) is 0 Å². The Morgan fingerprint density at radius 3 is 2.74 bits per heavy atom. The van der Waals surface area contributed by atoms with Crippen LogP contribution in [0, 0.1) is 0 Å². The van der Waals surface area contributed by atoms with Gasteiger partial charge in [0.05, 0.1) is 5.69 Å². The Kier molecular flexibility index (Phi) is 6.67. The number of fused-ring (bicyclic) bond motifs is 1. The van der Waals surface area contributed by atoms with Crippen LogP contribution in [0.4, 0.5) is 5.82 Å². The maximum atomic E-state index is 4.83. The van der Waals surface area contributed by atoms with Crippen molar-refractivity contribution in [3.8, 4) is 11.4 Å². The van der Waals surface area contributed by atoms with Crippen LogP contribution < -0.4 is 10.6 Å². The van der Waals surface area contributed by atoms with Crippen LogP contribution in [0.3, 0.4) is 0 Å². The highest BCUT2D eigenvalue weighted by molar-refractivity contribution is 5.85. The van der Waals surface area contributed by atoms with Crippen molar-refractivity contribution >= 4 is 18.2 Å². The fourth-order valence-electron chi connectivity index (χ4n) is 3.12. The molecule has 1 aliphatic rings. The Hall–Kier alpha value is -2.58. The lowest BCUT2D eigenvalue weighted by atomic mass is 10.1. The monoisotopic (exact) mass is 386 g/mol. The Labute approximate surface area is 164 Å². The third-order valence-corrected chi connectivity index (χ3v) is 4.44. The van der Waals surface area contributed by atoms with E-state index in [-0.39, 0.29) is 12.4 Å². The molecule has 3 aromatic heterocycles. The number of rotatable bonds is 6. The highest BCUT2D eigenvalue weighted by Crippen LogP contribution is 2.24. The maximum absolute atomic E-state index is 4.83. The molecule has 1 aliphatic heterocycles. The van der Waals surface area contributed by atoms with E-state index in [0.29, 0.717) is 0 Å². The normalized spacial score (nSPS) is 13.3. The summed E-state index contributed by atoms with van der Waals surface area (Å²) in [6, 6.07) is 3.90. The topological polar surface area (TPSA) is 93.4 Å². The van der Waals surface area contributed by atoms with Crippen LogP contribution in [0.25, 0.3) is 11.4 Å². The first-order chi connectivity index (χ1) is 12.9. The molecule has 4 rings (SSSR count). The largest absolute Gasteiger partial charge is 0.370 e. The lowest BCUT2D eigenvalue weighted by Crippen LogP contribution is -2.16. The second-order valence-corrected chi connectivity index (χ2v) is 6.25. The van der Waals surface area contributed by atoms with Crippen molar-refractivity contribution in [1.82, 2.24) is 35.0 Å². The van der Waals surface area contributed by atoms with E-state index in [2.05, 4.69) is 25.7 Å². The second kappa shape index (κ2) is 9.38. The average Bonchev–Trinajstić information content (AvgIpc) is 3.09. The van der Waals surface area contributed by atoms with E-state index in [9.17, 15) is 0 Å². The summed E-state index contributed by atoms with van der Waals surface area (Å²) in [5, 5.41) is 11.1. The molecule has 0 amide bonds. The highest BCUT2D eigenvalue weighted by atomic mass is 35.5. The molecular formula is C18H23ClN8. The molecule has 0 aromatic carbocycles. The molecule has 4 heterocycles. The Bertz CT molecular complexity index is 838. The van der Waals surface area contributed by atoms with Crippen molar-refractivity contribution in [1.29, 1.82) is 0 Å². The Morgan fingerprint density at radius 2 is 1.93 bits per heavy atom. The van der Waals surface area contributed by atoms with Gasteiger partial charge in [0.2, 0.25) is 0 Å². The van der Waals surface area contributed by atoms with Gasteiger partial charge in [-0.15, -0.1) is 12.4 Å². The fourth-order valence-corrected chi connectivity index (χ4v) is 3.12. The standard InChI is InChI=1S/C18H22N8.ClH/c1(11-26-13-21-12-23-26)6-22-18-15-4-9-20-10-5-16(15)24-17(25-18)14-2-7-19-8-3-14;/h2-3,7-8,12-13,20H,1,4-6,9-11H2,(H,22,24,25);1H. The molecule has 0 saturated heterocycles. The van der Waals surface area contributed by atoms with E-state index < -0.39 is 0 Å². The summed E-state index contributed by atoms with van der Waals surface area (Å²) in [6.45, 7) is 3.57. The summed E-state index contributed by atoms with van der Waals surface area (Å²) in [5.74, 6) is 1.70. The van der Waals surface area contributed by atoms with E-state index in [1.54, 1.807) is 25.0 Å². The van der Waals surface area contributed by atoms with Crippen molar-refractivity contribution in [3.05, 3.63) is 48.4 Å². The van der Waals surface area contributed by atoms with Crippen molar-refractivity contribution in [2.75, 3.05) is 25.0 Å². The first-order valence-electron chi connectivity index (χ1n) is 8.97. The maximum Gasteiger partial charge on any atom is 0.161 e. The smallest absolute Gasteiger partial charge is 0.161 e. The number of hydrogen-bond acceptors (Lipinski definition) is 7. The van der Waals surface area contributed by atoms with Gasteiger partial charge in [-0.05, 0) is 31.5 Å². The fraction of sp³-hybridized carbons (Fsp3) is 0.389. The van der Waals surface area contributed by atoms with Gasteiger partial charge in [-0.25, -0.2) is 15.0 Å². The van der Waals surface area contributed by atoms with Gasteiger partial charge < -0.3 is 10.6 Å². The summed E-state index contributed by atoms with van der Waals surface area (Å²) in [7, 11) is 0. The molecule has 0 spiro atoms. The molecule has 0 unspecified atom stereocenters. The van der Waals surface area contributed by atoms with Crippen LogP contribution >= 0.6 is 12.4 Å². The molecule has 0 atom stereocenters. The molecule has 0 saturated carbocycles. The van der Waals surface area contributed by atoms with Gasteiger partial charge >= 0.3 is 0 Å². The molecule has 27 heavy (non-hydrogen) atoms. The molecule has 2 N–H and O–H groups in total. The van der Waals surface area contributed by atoms with Gasteiger partial charge in [0.15, 0.2) is 5.82 Å². The third kappa shape index (κ3) is 4.78. The quantitative estimate of drug-likeness (QED) is 0.623. The minimum atomic E-state index is 0. The number of anilines is 1. The first-order valence-corrected chi connectivity index (χ1v) is 8.97. The van der Waals surface area contributed by atoms with Crippen LogP contribution in [-0.2, 0) is 19.4 Å². The van der Waals surface area contributed by atoms with Crippen LogP contribution in [-0.4, -0.2) is 49.4 Å². The Morgan fingerprint density at radius 1 is 1.07 bits per heavy atom. The molecule has 0 radical (unpaired) electrons. The van der Waals surface area contributed by atoms with Crippen molar-refractivity contribution < 1.29 is 0 Å². The second-order valence-electron chi connectivity index (χ2n) is 6.25. The lowest BCUT2D eigenvalue weighted by Gasteiger charge is -2.15. The van der Waals surface area contributed by atoms with Crippen molar-refractivity contribution in [2.24, 2.45) is 0 Å². The minimum Gasteiger partial charge on any atom is -0.370 e. The summed E-state index contributed by atoms with van der Waals surface area (Å²) in [6.07, 6.45) is 9.66. The average molecular weight is 387 g/mol. The molecule has 0 fully saturated rings. The van der Waals surface area contributed by atoms with E-state index in [0.717, 1.165) is 68.3 Å². The summed E-state index contributed by atoms with van der Waals surface area (Å²) in [5.41, 5.74) is 3.36. The predicted octanol–water partition coefficient (Wildman–Crippen LogP) is 1.74. The van der Waals surface area contributed by atoms with Crippen LogP contribution in [0.2, 0.25) is 0 Å². The van der Waals surface area contributed by atoms with Gasteiger partial charge in [0.1, 0.15) is 18.5 Å². The van der Waals surface area contributed by atoms with Gasteiger partial charge in [-0.1, -0.05) is 0 Å². The number of halogens is 1. The zero-order chi connectivity index (χ0) is 17.6. The molecule has 8 nitrogen and oxygen atoms in total. The minimum absolute atomic E-state index is 0. The SMILES string of the molecule is Cl.c1cc(-c2nc3c(c(NCCCn4cncn4)n2)CCNCC3)ccn1. The number of hydrogen-bond donors (Lipinski definition) is 2. The molecule has 9 heteroatoms. The molecule has 0 aliphatic carbocycles. The predicted molar refractivity (Wildman–Crippen MR) is 106 cm³/mol. The summed E-state index contributed by atoms with van der Waals surface area (Å²) >= 11 is 0. The molecule has 142 valence electrons. The van der Waals surface area contributed by atoms with Crippen LogP contribution in [0.15, 0.2) is 37.2 Å². The van der Waals surface area contributed by atoms with Gasteiger partial charge in [0, 0.05) is 49.6 Å².